The third kappa shape index (κ3) is 3.62. The van der Waals surface area contributed by atoms with E-state index >= 15 is 0 Å². The molecular weight excluding hydrogens is 308 g/mol. The van der Waals surface area contributed by atoms with Gasteiger partial charge < -0.3 is 9.88 Å². The molecule has 1 saturated heterocycles. The largest absolute Gasteiger partial charge is 0.357 e. The number of benzene rings is 1. The van der Waals surface area contributed by atoms with Crippen LogP contribution in [0.1, 0.15) is 28.9 Å². The van der Waals surface area contributed by atoms with Gasteiger partial charge in [0.2, 0.25) is 11.8 Å². The van der Waals surface area contributed by atoms with Crippen molar-refractivity contribution in [1.82, 2.24) is 15.8 Å². The molecule has 0 bridgehead atoms. The van der Waals surface area contributed by atoms with Gasteiger partial charge >= 0.3 is 0 Å². The van der Waals surface area contributed by atoms with Crippen LogP contribution in [0.2, 0.25) is 0 Å². The lowest BCUT2D eigenvalue weighted by molar-refractivity contribution is -0.121. The maximum absolute atomic E-state index is 11.9. The number of aromatic amines is 1. The number of nitrogens with one attached hydrogen (secondary N) is 3. The van der Waals surface area contributed by atoms with Crippen molar-refractivity contribution in [2.24, 2.45) is 0 Å². The summed E-state index contributed by atoms with van der Waals surface area (Å²) < 4.78 is 0. The highest BCUT2D eigenvalue weighted by molar-refractivity contribution is 5.95. The lowest BCUT2D eigenvalue weighted by Crippen LogP contribution is -2.42. The van der Waals surface area contributed by atoms with Crippen LogP contribution in [0.15, 0.2) is 42.6 Å². The lowest BCUT2D eigenvalue weighted by atomic mass is 10.1. The van der Waals surface area contributed by atoms with Gasteiger partial charge in [-0.05, 0) is 36.2 Å². The van der Waals surface area contributed by atoms with Crippen molar-refractivity contribution in [3.8, 4) is 0 Å². The van der Waals surface area contributed by atoms with E-state index in [1.807, 2.05) is 24.3 Å². The maximum atomic E-state index is 11.9. The molecule has 0 saturated carbocycles. The molecule has 2 aromatic rings. The van der Waals surface area contributed by atoms with Crippen LogP contribution in [0, 0.1) is 0 Å². The Hall–Kier alpha value is -3.09. The van der Waals surface area contributed by atoms with Crippen LogP contribution in [-0.4, -0.2) is 29.3 Å². The number of carbonyl (C=O) groups is 3. The minimum Gasteiger partial charge on any atom is -0.357 e. The molecule has 0 spiro atoms. The van der Waals surface area contributed by atoms with E-state index in [-0.39, 0.29) is 18.2 Å². The van der Waals surface area contributed by atoms with Crippen molar-refractivity contribution >= 4 is 23.4 Å². The molecule has 3 rings (SSSR count). The van der Waals surface area contributed by atoms with Crippen LogP contribution in [0.25, 0.3) is 0 Å². The van der Waals surface area contributed by atoms with E-state index in [0.29, 0.717) is 12.1 Å². The topological polar surface area (TPSA) is 94.3 Å². The summed E-state index contributed by atoms with van der Waals surface area (Å²) in [7, 11) is 0. The van der Waals surface area contributed by atoms with E-state index in [0.717, 1.165) is 24.2 Å². The van der Waals surface area contributed by atoms with Crippen molar-refractivity contribution in [1.29, 1.82) is 0 Å². The second-order valence-corrected chi connectivity index (χ2v) is 5.58. The highest BCUT2D eigenvalue weighted by Crippen LogP contribution is 2.21. The van der Waals surface area contributed by atoms with Crippen LogP contribution in [0.4, 0.5) is 5.69 Å². The van der Waals surface area contributed by atoms with Crippen LogP contribution in [0.3, 0.4) is 0 Å². The van der Waals surface area contributed by atoms with Gasteiger partial charge in [0.25, 0.3) is 5.91 Å². The summed E-state index contributed by atoms with van der Waals surface area (Å²) in [5.74, 6) is -0.594. The monoisotopic (exact) mass is 326 g/mol. The smallest absolute Gasteiger partial charge is 0.286 e. The van der Waals surface area contributed by atoms with E-state index in [9.17, 15) is 14.4 Å². The normalized spacial score (nSPS) is 13.8. The SMILES string of the molecule is O=C(Cc1ccc(N2CCCC2=O)cc1)NNC(=O)c1ccc[nH]1. The van der Waals surface area contributed by atoms with Crippen LogP contribution in [0.5, 0.6) is 0 Å². The first-order chi connectivity index (χ1) is 11.6. The number of aromatic nitrogens is 1. The minimum atomic E-state index is -0.406. The van der Waals surface area contributed by atoms with Crippen LogP contribution in [-0.2, 0) is 16.0 Å². The van der Waals surface area contributed by atoms with Crippen LogP contribution < -0.4 is 15.8 Å². The first-order valence-corrected chi connectivity index (χ1v) is 7.75. The average molecular weight is 326 g/mol. The van der Waals surface area contributed by atoms with Gasteiger partial charge in [-0.1, -0.05) is 12.1 Å². The summed E-state index contributed by atoms with van der Waals surface area (Å²) in [6, 6.07) is 10.6. The Labute approximate surface area is 139 Å². The third-order valence-corrected chi connectivity index (χ3v) is 3.84. The first-order valence-electron chi connectivity index (χ1n) is 7.75. The van der Waals surface area contributed by atoms with Gasteiger partial charge in [0.05, 0.1) is 6.42 Å². The number of carbonyl (C=O) groups excluding carboxylic acids is 3. The van der Waals surface area contributed by atoms with E-state index in [1.54, 1.807) is 23.2 Å². The Kier molecular flexibility index (Phi) is 4.60. The molecule has 24 heavy (non-hydrogen) atoms. The zero-order chi connectivity index (χ0) is 16.9. The number of hydrogen-bond donors (Lipinski definition) is 3. The molecule has 1 aromatic carbocycles. The number of H-pyrrole nitrogens is 1. The van der Waals surface area contributed by atoms with Crippen molar-refractivity contribution in [2.45, 2.75) is 19.3 Å². The highest BCUT2D eigenvalue weighted by Gasteiger charge is 2.21. The number of anilines is 1. The molecule has 1 aliphatic heterocycles. The maximum Gasteiger partial charge on any atom is 0.286 e. The van der Waals surface area contributed by atoms with Gasteiger partial charge in [0.15, 0.2) is 0 Å². The van der Waals surface area contributed by atoms with Gasteiger partial charge in [-0.3, -0.25) is 25.2 Å². The Bertz CT molecular complexity index is 738. The molecule has 0 unspecified atom stereocenters. The molecule has 3 N–H and O–H groups in total. The van der Waals surface area contributed by atoms with E-state index in [2.05, 4.69) is 15.8 Å². The van der Waals surface area contributed by atoms with Crippen molar-refractivity contribution < 1.29 is 14.4 Å². The van der Waals surface area contributed by atoms with Gasteiger partial charge in [-0.25, -0.2) is 0 Å². The Morgan fingerprint density at radius 2 is 1.92 bits per heavy atom. The van der Waals surface area contributed by atoms with E-state index < -0.39 is 5.91 Å². The summed E-state index contributed by atoms with van der Waals surface area (Å²) in [4.78, 5) is 39.8. The summed E-state index contributed by atoms with van der Waals surface area (Å²) in [6.07, 6.45) is 3.23. The van der Waals surface area contributed by atoms with Crippen LogP contribution >= 0.6 is 0 Å². The van der Waals surface area contributed by atoms with Crippen molar-refractivity contribution in [2.75, 3.05) is 11.4 Å². The van der Waals surface area contributed by atoms with Crippen molar-refractivity contribution in [3.05, 3.63) is 53.9 Å². The molecule has 1 aliphatic rings. The molecule has 7 nitrogen and oxygen atoms in total. The minimum absolute atomic E-state index is 0.132. The Balaban J connectivity index is 1.51. The number of amides is 3. The fourth-order valence-electron chi connectivity index (χ4n) is 2.61. The molecule has 0 atom stereocenters. The first kappa shape index (κ1) is 15.8. The second kappa shape index (κ2) is 6.99. The molecule has 0 radical (unpaired) electrons. The predicted molar refractivity (Wildman–Crippen MR) is 88.1 cm³/mol. The third-order valence-electron chi connectivity index (χ3n) is 3.84. The zero-order valence-corrected chi connectivity index (χ0v) is 13.0. The van der Waals surface area contributed by atoms with Gasteiger partial charge in [0.1, 0.15) is 5.69 Å². The molecule has 3 amide bonds. The molecule has 7 heteroatoms. The number of hydrazine groups is 1. The fraction of sp³-hybridized carbons (Fsp3) is 0.235. The lowest BCUT2D eigenvalue weighted by Gasteiger charge is -2.15. The quantitative estimate of drug-likeness (QED) is 0.736. The molecule has 0 aliphatic carbocycles. The highest BCUT2D eigenvalue weighted by atomic mass is 16.2. The summed E-state index contributed by atoms with van der Waals surface area (Å²) in [5, 5.41) is 0. The zero-order valence-electron chi connectivity index (χ0n) is 13.0. The Morgan fingerprint density at radius 3 is 2.54 bits per heavy atom. The summed E-state index contributed by atoms with van der Waals surface area (Å²) in [6.45, 7) is 0.740. The van der Waals surface area contributed by atoms with Gasteiger partial charge in [-0.2, -0.15) is 0 Å². The average Bonchev–Trinajstić information content (AvgIpc) is 3.25. The van der Waals surface area contributed by atoms with E-state index in [4.69, 9.17) is 0 Å². The van der Waals surface area contributed by atoms with E-state index in [1.165, 1.54) is 0 Å². The van der Waals surface area contributed by atoms with Crippen molar-refractivity contribution in [3.63, 3.8) is 0 Å². The number of rotatable bonds is 4. The van der Waals surface area contributed by atoms with Gasteiger partial charge in [-0.15, -0.1) is 0 Å². The Morgan fingerprint density at radius 1 is 1.12 bits per heavy atom. The molecular formula is C17H18N4O3. The van der Waals surface area contributed by atoms with Gasteiger partial charge in [0, 0.05) is 24.8 Å². The summed E-state index contributed by atoms with van der Waals surface area (Å²) >= 11 is 0. The molecule has 2 heterocycles. The summed E-state index contributed by atoms with van der Waals surface area (Å²) in [5.41, 5.74) is 6.74. The second-order valence-electron chi connectivity index (χ2n) is 5.58. The number of hydrogen-bond acceptors (Lipinski definition) is 3. The molecule has 1 fully saturated rings. The predicted octanol–water partition coefficient (Wildman–Crippen LogP) is 1.15. The standard InChI is InChI=1S/C17H18N4O3/c22-15(19-20-17(24)14-3-1-9-18-14)11-12-5-7-13(8-6-12)21-10-2-4-16(21)23/h1,3,5-9,18H,2,4,10-11H2,(H,19,22)(H,20,24). The molecule has 1 aromatic heterocycles. The fourth-order valence-corrected chi connectivity index (χ4v) is 2.61. The number of nitrogens with zero attached hydrogens (tertiary/aromatic N) is 1. The molecule has 124 valence electrons.